The zero-order valence-electron chi connectivity index (χ0n) is 10.8. The van der Waals surface area contributed by atoms with Crippen LogP contribution in [0, 0.1) is 0 Å². The van der Waals surface area contributed by atoms with Crippen molar-refractivity contribution in [3.63, 3.8) is 0 Å². The maximum absolute atomic E-state index is 10.4. The summed E-state index contributed by atoms with van der Waals surface area (Å²) in [5, 5.41) is 12.9. The summed E-state index contributed by atoms with van der Waals surface area (Å²) in [7, 11) is 3.94. The van der Waals surface area contributed by atoms with Gasteiger partial charge in [0.25, 0.3) is 0 Å². The molecule has 0 unspecified atom stereocenters. The minimum Gasteiger partial charge on any atom is -0.481 e. The number of aryl methyl sites for hydroxylation is 2. The van der Waals surface area contributed by atoms with E-state index in [9.17, 15) is 4.79 Å². The lowest BCUT2D eigenvalue weighted by Gasteiger charge is -2.15. The van der Waals surface area contributed by atoms with Crippen LogP contribution in [0.2, 0.25) is 0 Å². The average Bonchev–Trinajstić information content (AvgIpc) is 2.59. The van der Waals surface area contributed by atoms with Crippen LogP contribution in [0.3, 0.4) is 0 Å². The van der Waals surface area contributed by atoms with Crippen LogP contribution in [0.4, 0.5) is 0 Å². The van der Waals surface area contributed by atoms with Crippen molar-refractivity contribution in [3.05, 3.63) is 17.5 Å². The topological polar surface area (TPSA) is 58.4 Å². The predicted molar refractivity (Wildman–Crippen MR) is 65.8 cm³/mol. The van der Waals surface area contributed by atoms with E-state index in [2.05, 4.69) is 23.0 Å². The lowest BCUT2D eigenvalue weighted by molar-refractivity contribution is -0.137. The molecule has 0 radical (unpaired) electrons. The van der Waals surface area contributed by atoms with Crippen LogP contribution in [-0.2, 0) is 24.8 Å². The molecule has 0 fully saturated rings. The molecule has 0 saturated heterocycles. The third-order valence-corrected chi connectivity index (χ3v) is 2.75. The van der Waals surface area contributed by atoms with Gasteiger partial charge in [0.15, 0.2) is 0 Å². The van der Waals surface area contributed by atoms with Crippen LogP contribution in [0.5, 0.6) is 0 Å². The molecule has 0 bridgehead atoms. The first-order chi connectivity index (χ1) is 8.02. The fourth-order valence-corrected chi connectivity index (χ4v) is 1.75. The lowest BCUT2D eigenvalue weighted by Crippen LogP contribution is -2.21. The zero-order chi connectivity index (χ0) is 12.8. The highest BCUT2D eigenvalue weighted by Crippen LogP contribution is 2.07. The summed E-state index contributed by atoms with van der Waals surface area (Å²) in [6.45, 7) is 3.69. The van der Waals surface area contributed by atoms with Crippen LogP contribution in [0.15, 0.2) is 6.07 Å². The van der Waals surface area contributed by atoms with E-state index in [1.165, 1.54) is 5.69 Å². The van der Waals surface area contributed by atoms with Crippen LogP contribution in [0.25, 0.3) is 0 Å². The molecular formula is C12H21N3O2. The molecule has 5 heteroatoms. The van der Waals surface area contributed by atoms with E-state index in [4.69, 9.17) is 5.11 Å². The number of hydrogen-bond donors (Lipinski definition) is 1. The van der Waals surface area contributed by atoms with Crippen molar-refractivity contribution in [1.29, 1.82) is 0 Å². The molecule has 1 N–H and O–H groups in total. The molecule has 1 aromatic rings. The molecular weight excluding hydrogens is 218 g/mol. The molecule has 17 heavy (non-hydrogen) atoms. The van der Waals surface area contributed by atoms with Gasteiger partial charge in [-0.25, -0.2) is 0 Å². The smallest absolute Gasteiger partial charge is 0.303 e. The molecule has 0 aliphatic heterocycles. The van der Waals surface area contributed by atoms with Crippen molar-refractivity contribution in [2.75, 3.05) is 13.6 Å². The molecule has 0 aliphatic carbocycles. The van der Waals surface area contributed by atoms with Crippen LogP contribution in [0.1, 0.15) is 31.2 Å². The van der Waals surface area contributed by atoms with E-state index < -0.39 is 5.97 Å². The summed E-state index contributed by atoms with van der Waals surface area (Å²) in [5.41, 5.74) is 2.26. The molecule has 0 saturated carbocycles. The Labute approximate surface area is 102 Å². The summed E-state index contributed by atoms with van der Waals surface area (Å²) in [4.78, 5) is 12.5. The molecule has 0 amide bonds. The third kappa shape index (κ3) is 4.56. The fourth-order valence-electron chi connectivity index (χ4n) is 1.75. The Morgan fingerprint density at radius 3 is 2.82 bits per heavy atom. The molecule has 1 heterocycles. The first-order valence-corrected chi connectivity index (χ1v) is 5.95. The van der Waals surface area contributed by atoms with Crippen molar-refractivity contribution in [3.8, 4) is 0 Å². The Kier molecular flexibility index (Phi) is 5.15. The monoisotopic (exact) mass is 239 g/mol. The first-order valence-electron chi connectivity index (χ1n) is 5.95. The van der Waals surface area contributed by atoms with E-state index in [0.717, 1.165) is 25.2 Å². The van der Waals surface area contributed by atoms with Crippen molar-refractivity contribution in [2.24, 2.45) is 7.05 Å². The van der Waals surface area contributed by atoms with Crippen molar-refractivity contribution in [1.82, 2.24) is 14.7 Å². The number of aromatic nitrogens is 2. The van der Waals surface area contributed by atoms with Crippen molar-refractivity contribution in [2.45, 2.75) is 32.7 Å². The number of nitrogens with zero attached hydrogens (tertiary/aromatic N) is 3. The summed E-state index contributed by atoms with van der Waals surface area (Å²) in [5.74, 6) is -0.729. The second kappa shape index (κ2) is 6.39. The molecule has 0 aliphatic rings. The van der Waals surface area contributed by atoms with Gasteiger partial charge in [0, 0.05) is 20.0 Å². The highest BCUT2D eigenvalue weighted by Gasteiger charge is 2.07. The van der Waals surface area contributed by atoms with Gasteiger partial charge in [0.05, 0.1) is 11.4 Å². The van der Waals surface area contributed by atoms with Gasteiger partial charge in [-0.2, -0.15) is 5.10 Å². The number of carboxylic acids is 1. The standard InChI is InChI=1S/C12H21N3O2/c1-4-10-8-11(15(3)13-10)9-14(2)7-5-6-12(16)17/h8H,4-7,9H2,1-3H3,(H,16,17). The SMILES string of the molecule is CCc1cc(CN(C)CCCC(=O)O)n(C)n1. The number of carbonyl (C=O) groups is 1. The van der Waals surface area contributed by atoms with E-state index >= 15 is 0 Å². The van der Waals surface area contributed by atoms with E-state index in [-0.39, 0.29) is 6.42 Å². The Bertz CT molecular complexity index is 374. The van der Waals surface area contributed by atoms with Crippen LogP contribution < -0.4 is 0 Å². The van der Waals surface area contributed by atoms with Crippen molar-refractivity contribution >= 4 is 5.97 Å². The van der Waals surface area contributed by atoms with Gasteiger partial charge in [0.1, 0.15) is 0 Å². The van der Waals surface area contributed by atoms with Gasteiger partial charge in [0.2, 0.25) is 0 Å². The Morgan fingerprint density at radius 1 is 1.59 bits per heavy atom. The maximum Gasteiger partial charge on any atom is 0.303 e. The lowest BCUT2D eigenvalue weighted by atomic mass is 10.2. The fraction of sp³-hybridized carbons (Fsp3) is 0.667. The first kappa shape index (κ1) is 13.7. The van der Waals surface area contributed by atoms with E-state index in [1.807, 2.05) is 18.8 Å². The molecule has 1 rings (SSSR count). The normalized spacial score (nSPS) is 11.1. The van der Waals surface area contributed by atoms with Gasteiger partial charge < -0.3 is 10.0 Å². The minimum atomic E-state index is -0.729. The second-order valence-electron chi connectivity index (χ2n) is 4.34. The zero-order valence-corrected chi connectivity index (χ0v) is 10.8. The van der Waals surface area contributed by atoms with Crippen LogP contribution in [-0.4, -0.2) is 39.3 Å². The highest BCUT2D eigenvalue weighted by atomic mass is 16.4. The maximum atomic E-state index is 10.4. The number of hydrogen-bond acceptors (Lipinski definition) is 3. The second-order valence-corrected chi connectivity index (χ2v) is 4.34. The molecule has 1 aromatic heterocycles. The number of rotatable bonds is 7. The molecule has 0 atom stereocenters. The summed E-state index contributed by atoms with van der Waals surface area (Å²) in [6, 6.07) is 2.10. The van der Waals surface area contributed by atoms with Gasteiger partial charge in [-0.1, -0.05) is 6.92 Å². The summed E-state index contributed by atoms with van der Waals surface area (Å²) < 4.78 is 1.90. The molecule has 0 aromatic carbocycles. The van der Waals surface area contributed by atoms with Gasteiger partial charge in [-0.15, -0.1) is 0 Å². The third-order valence-electron chi connectivity index (χ3n) is 2.75. The largest absolute Gasteiger partial charge is 0.481 e. The Morgan fingerprint density at radius 2 is 2.29 bits per heavy atom. The minimum absolute atomic E-state index is 0.232. The Hall–Kier alpha value is -1.36. The van der Waals surface area contributed by atoms with Gasteiger partial charge in [-0.3, -0.25) is 9.48 Å². The molecule has 96 valence electrons. The van der Waals surface area contributed by atoms with E-state index in [1.54, 1.807) is 0 Å². The van der Waals surface area contributed by atoms with Crippen molar-refractivity contribution < 1.29 is 9.90 Å². The molecule has 5 nitrogen and oxygen atoms in total. The van der Waals surface area contributed by atoms with E-state index in [0.29, 0.717) is 6.42 Å². The Balaban J connectivity index is 2.41. The quantitative estimate of drug-likeness (QED) is 0.778. The molecule has 0 spiro atoms. The predicted octanol–water partition coefficient (Wildman–Crippen LogP) is 1.28. The number of carboxylic acid groups (broad SMARTS) is 1. The highest BCUT2D eigenvalue weighted by molar-refractivity contribution is 5.66. The number of aliphatic carboxylic acids is 1. The van der Waals surface area contributed by atoms with Crippen LogP contribution >= 0.6 is 0 Å². The summed E-state index contributed by atoms with van der Waals surface area (Å²) in [6.07, 6.45) is 1.86. The van der Waals surface area contributed by atoms with Gasteiger partial charge in [-0.05, 0) is 32.5 Å². The van der Waals surface area contributed by atoms with Gasteiger partial charge >= 0.3 is 5.97 Å². The summed E-state index contributed by atoms with van der Waals surface area (Å²) >= 11 is 0. The average molecular weight is 239 g/mol.